The van der Waals surface area contributed by atoms with Gasteiger partial charge < -0.3 is 15.8 Å². The maximum Gasteiger partial charge on any atom is 0.168 e. The number of hydrogen-bond donors (Lipinski definition) is 2. The molecule has 0 amide bonds. The van der Waals surface area contributed by atoms with Crippen molar-refractivity contribution in [3.8, 4) is 0 Å². The molecule has 134 valence electrons. The van der Waals surface area contributed by atoms with Gasteiger partial charge in [-0.05, 0) is 38.8 Å². The minimum absolute atomic E-state index is 0.0365. The van der Waals surface area contributed by atoms with Crippen molar-refractivity contribution in [3.63, 3.8) is 0 Å². The summed E-state index contributed by atoms with van der Waals surface area (Å²) in [6, 6.07) is 9.43. The number of carbonyl (C=O) groups excluding carboxylic acids is 1. The van der Waals surface area contributed by atoms with Crippen molar-refractivity contribution in [3.05, 3.63) is 48.2 Å². The summed E-state index contributed by atoms with van der Waals surface area (Å²) >= 11 is 0. The molecule has 0 spiro atoms. The van der Waals surface area contributed by atoms with Crippen LogP contribution in [0.15, 0.2) is 42.7 Å². The minimum atomic E-state index is -0.596. The molecular formula is C20H32N2O2. The molecule has 0 bridgehead atoms. The van der Waals surface area contributed by atoms with Crippen molar-refractivity contribution < 1.29 is 9.53 Å². The molecule has 4 nitrogen and oxygen atoms in total. The van der Waals surface area contributed by atoms with Gasteiger partial charge in [0.25, 0.3) is 0 Å². The number of ketones is 1. The van der Waals surface area contributed by atoms with Gasteiger partial charge in [0.05, 0.1) is 17.3 Å². The summed E-state index contributed by atoms with van der Waals surface area (Å²) in [6.07, 6.45) is 3.29. The first-order valence-electron chi connectivity index (χ1n) is 8.76. The Morgan fingerprint density at radius 2 is 2.00 bits per heavy atom. The summed E-state index contributed by atoms with van der Waals surface area (Å²) in [6.45, 7) is 11.2. The smallest absolute Gasteiger partial charge is 0.168 e. The number of unbranched alkanes of at least 4 members (excludes halogenated alkanes) is 1. The monoisotopic (exact) mass is 332 g/mol. The Labute approximate surface area is 146 Å². The van der Waals surface area contributed by atoms with E-state index in [1.807, 2.05) is 44.2 Å². The highest BCUT2D eigenvalue weighted by Gasteiger charge is 2.30. The van der Waals surface area contributed by atoms with E-state index >= 15 is 0 Å². The zero-order chi connectivity index (χ0) is 18.0. The Hall–Kier alpha value is -1.65. The Balaban J connectivity index is 2.34. The Morgan fingerprint density at radius 1 is 1.33 bits per heavy atom. The molecule has 3 N–H and O–H groups in total. The van der Waals surface area contributed by atoms with Crippen LogP contribution in [0.25, 0.3) is 0 Å². The standard InChI is InChI=1S/C20H32N2O2/c1-5-6-14-22-20(3,4)19(23)18(21)13-12-16(2)24-15-17-10-8-7-9-11-17/h7-11,18,22H,2,5-6,12-15,21H2,1,3-4H3. The van der Waals surface area contributed by atoms with Crippen molar-refractivity contribution in [2.24, 2.45) is 5.73 Å². The van der Waals surface area contributed by atoms with Gasteiger partial charge in [0.1, 0.15) is 6.61 Å². The van der Waals surface area contributed by atoms with Crippen LogP contribution in [0.2, 0.25) is 0 Å². The van der Waals surface area contributed by atoms with Crippen molar-refractivity contribution in [1.29, 1.82) is 0 Å². The number of allylic oxidation sites excluding steroid dienone is 1. The van der Waals surface area contributed by atoms with Gasteiger partial charge in [-0.15, -0.1) is 0 Å². The van der Waals surface area contributed by atoms with Gasteiger partial charge >= 0.3 is 0 Å². The Bertz CT molecular complexity index is 512. The van der Waals surface area contributed by atoms with Crippen molar-refractivity contribution in [1.82, 2.24) is 5.32 Å². The average Bonchev–Trinajstić information content (AvgIpc) is 2.58. The van der Waals surface area contributed by atoms with E-state index in [2.05, 4.69) is 18.8 Å². The number of nitrogens with one attached hydrogen (secondary N) is 1. The molecule has 0 heterocycles. The molecule has 0 aromatic heterocycles. The lowest BCUT2D eigenvalue weighted by Gasteiger charge is -2.28. The van der Waals surface area contributed by atoms with E-state index in [0.717, 1.165) is 24.9 Å². The average molecular weight is 332 g/mol. The number of ether oxygens (including phenoxy) is 1. The van der Waals surface area contributed by atoms with Crippen molar-refractivity contribution >= 4 is 5.78 Å². The first-order chi connectivity index (χ1) is 11.4. The van der Waals surface area contributed by atoms with Crippen LogP contribution in [0.1, 0.15) is 52.0 Å². The van der Waals surface area contributed by atoms with Crippen LogP contribution in [0.3, 0.4) is 0 Å². The van der Waals surface area contributed by atoms with Gasteiger partial charge in [-0.3, -0.25) is 4.79 Å². The number of hydrogen-bond acceptors (Lipinski definition) is 4. The summed E-state index contributed by atoms with van der Waals surface area (Å²) in [5.74, 6) is 0.702. The molecule has 0 saturated carbocycles. The highest BCUT2D eigenvalue weighted by Crippen LogP contribution is 2.14. The second kappa shape index (κ2) is 10.3. The molecule has 0 aliphatic heterocycles. The number of rotatable bonds is 12. The van der Waals surface area contributed by atoms with Crippen LogP contribution in [-0.4, -0.2) is 23.9 Å². The van der Waals surface area contributed by atoms with Gasteiger partial charge in [0, 0.05) is 6.42 Å². The molecule has 0 aliphatic rings. The summed E-state index contributed by atoms with van der Waals surface area (Å²) in [5.41, 5.74) is 6.58. The predicted molar refractivity (Wildman–Crippen MR) is 99.6 cm³/mol. The molecule has 0 aliphatic carbocycles. The number of nitrogens with two attached hydrogens (primary N) is 1. The molecule has 4 heteroatoms. The topological polar surface area (TPSA) is 64.4 Å². The van der Waals surface area contributed by atoms with Gasteiger partial charge in [0.15, 0.2) is 5.78 Å². The van der Waals surface area contributed by atoms with E-state index in [0.29, 0.717) is 25.2 Å². The molecule has 0 radical (unpaired) electrons. The Kier molecular flexibility index (Phi) is 8.72. The molecule has 1 aromatic carbocycles. The van der Waals surface area contributed by atoms with E-state index in [4.69, 9.17) is 10.5 Å². The first kappa shape index (κ1) is 20.4. The lowest BCUT2D eigenvalue weighted by molar-refractivity contribution is -0.125. The van der Waals surface area contributed by atoms with Crippen LogP contribution in [0, 0.1) is 0 Å². The first-order valence-corrected chi connectivity index (χ1v) is 8.76. The molecule has 1 unspecified atom stereocenters. The lowest BCUT2D eigenvalue weighted by atomic mass is 9.91. The van der Waals surface area contributed by atoms with Crippen LogP contribution in [0.5, 0.6) is 0 Å². The second-order valence-electron chi connectivity index (χ2n) is 6.73. The van der Waals surface area contributed by atoms with Gasteiger partial charge in [-0.25, -0.2) is 0 Å². The molecule has 1 atom stereocenters. The third-order valence-corrected chi connectivity index (χ3v) is 4.07. The van der Waals surface area contributed by atoms with Crippen LogP contribution in [0.4, 0.5) is 0 Å². The lowest BCUT2D eigenvalue weighted by Crippen LogP contribution is -2.53. The summed E-state index contributed by atoms with van der Waals surface area (Å²) in [4.78, 5) is 12.5. The zero-order valence-corrected chi connectivity index (χ0v) is 15.3. The fraction of sp³-hybridized carbons (Fsp3) is 0.550. The molecule has 0 saturated heterocycles. The highest BCUT2D eigenvalue weighted by molar-refractivity contribution is 5.92. The fourth-order valence-corrected chi connectivity index (χ4v) is 2.41. The predicted octanol–water partition coefficient (Wildman–Crippen LogP) is 3.56. The van der Waals surface area contributed by atoms with E-state index in [-0.39, 0.29) is 5.78 Å². The number of Topliss-reactive ketones (excluding diaryl/α,β-unsaturated/α-hetero) is 1. The van der Waals surface area contributed by atoms with Crippen LogP contribution >= 0.6 is 0 Å². The maximum atomic E-state index is 12.5. The second-order valence-corrected chi connectivity index (χ2v) is 6.73. The maximum absolute atomic E-state index is 12.5. The summed E-state index contributed by atoms with van der Waals surface area (Å²) < 4.78 is 5.65. The molecular weight excluding hydrogens is 300 g/mol. The van der Waals surface area contributed by atoms with Crippen LogP contribution < -0.4 is 11.1 Å². The van der Waals surface area contributed by atoms with E-state index < -0.39 is 11.6 Å². The Morgan fingerprint density at radius 3 is 2.62 bits per heavy atom. The van der Waals surface area contributed by atoms with E-state index in [1.54, 1.807) is 0 Å². The fourth-order valence-electron chi connectivity index (χ4n) is 2.41. The van der Waals surface area contributed by atoms with Gasteiger partial charge in [-0.2, -0.15) is 0 Å². The molecule has 1 aromatic rings. The van der Waals surface area contributed by atoms with E-state index in [1.165, 1.54) is 0 Å². The number of carbonyl (C=O) groups is 1. The quantitative estimate of drug-likeness (QED) is 0.454. The summed E-state index contributed by atoms with van der Waals surface area (Å²) in [7, 11) is 0. The van der Waals surface area contributed by atoms with Gasteiger partial charge in [-0.1, -0.05) is 50.3 Å². The third kappa shape index (κ3) is 7.28. The summed E-state index contributed by atoms with van der Waals surface area (Å²) in [5, 5.41) is 3.29. The third-order valence-electron chi connectivity index (χ3n) is 4.07. The van der Waals surface area contributed by atoms with Crippen molar-refractivity contribution in [2.45, 2.75) is 64.6 Å². The van der Waals surface area contributed by atoms with Crippen LogP contribution in [-0.2, 0) is 16.1 Å². The van der Waals surface area contributed by atoms with Crippen molar-refractivity contribution in [2.75, 3.05) is 6.54 Å². The zero-order valence-electron chi connectivity index (χ0n) is 15.3. The largest absolute Gasteiger partial charge is 0.494 e. The minimum Gasteiger partial charge on any atom is -0.494 e. The molecule has 0 fully saturated rings. The highest BCUT2D eigenvalue weighted by atomic mass is 16.5. The molecule has 24 heavy (non-hydrogen) atoms. The normalized spacial score (nSPS) is 12.7. The SMILES string of the molecule is C=C(CCC(N)C(=O)C(C)(C)NCCCC)OCc1ccccc1. The van der Waals surface area contributed by atoms with E-state index in [9.17, 15) is 4.79 Å². The molecule has 1 rings (SSSR count). The number of benzene rings is 1. The van der Waals surface area contributed by atoms with Gasteiger partial charge in [0.2, 0.25) is 0 Å².